The van der Waals surface area contributed by atoms with Gasteiger partial charge in [0.2, 0.25) is 0 Å². The first-order valence-corrected chi connectivity index (χ1v) is 8.09. The molecule has 2 aromatic rings. The number of unbranched alkanes of at least 4 members (excludes halogenated alkanes) is 1. The molecule has 2 rings (SSSR count). The Hall–Kier alpha value is -1.76. The van der Waals surface area contributed by atoms with Crippen molar-refractivity contribution >= 4 is 5.69 Å². The maximum atomic E-state index is 5.72. The first-order valence-electron chi connectivity index (χ1n) is 8.09. The highest BCUT2D eigenvalue weighted by atomic mass is 14.5. The minimum atomic E-state index is 0.785. The van der Waals surface area contributed by atoms with E-state index >= 15 is 0 Å². The molecule has 112 valence electrons. The molecule has 0 heterocycles. The van der Waals surface area contributed by atoms with E-state index in [1.807, 2.05) is 12.1 Å². The highest BCUT2D eigenvalue weighted by molar-refractivity contribution is 5.40. The second-order valence-corrected chi connectivity index (χ2v) is 6.19. The molecule has 21 heavy (non-hydrogen) atoms. The fourth-order valence-electron chi connectivity index (χ4n) is 2.72. The molecule has 1 nitrogen and oxygen atoms in total. The minimum Gasteiger partial charge on any atom is -0.399 e. The summed E-state index contributed by atoms with van der Waals surface area (Å²) in [5.74, 6) is 0.785. The first-order chi connectivity index (χ1) is 10.2. The number of anilines is 1. The molecular formula is C20H27N. The molecule has 1 heteroatoms. The highest BCUT2D eigenvalue weighted by Crippen LogP contribution is 2.17. The molecule has 2 N–H and O–H groups in total. The van der Waals surface area contributed by atoms with Crippen LogP contribution in [0, 0.1) is 5.92 Å². The van der Waals surface area contributed by atoms with Crippen LogP contribution >= 0.6 is 0 Å². The number of nitrogens with two attached hydrogens (primary N) is 1. The van der Waals surface area contributed by atoms with E-state index in [0.717, 1.165) is 18.0 Å². The molecule has 0 saturated heterocycles. The van der Waals surface area contributed by atoms with Gasteiger partial charge in [-0.2, -0.15) is 0 Å². The molecule has 0 spiro atoms. The van der Waals surface area contributed by atoms with Gasteiger partial charge in [-0.3, -0.25) is 0 Å². The Morgan fingerprint density at radius 3 is 1.95 bits per heavy atom. The predicted octanol–water partition coefficient (Wildman–Crippen LogP) is 5.23. The Labute approximate surface area is 129 Å². The zero-order valence-corrected chi connectivity index (χ0v) is 13.3. The lowest BCUT2D eigenvalue weighted by atomic mass is 9.95. The van der Waals surface area contributed by atoms with E-state index in [1.54, 1.807) is 0 Å². The number of hydrogen-bond donors (Lipinski definition) is 1. The van der Waals surface area contributed by atoms with Crippen LogP contribution in [0.4, 0.5) is 5.69 Å². The van der Waals surface area contributed by atoms with Crippen molar-refractivity contribution in [2.24, 2.45) is 5.92 Å². The molecule has 0 aliphatic heterocycles. The van der Waals surface area contributed by atoms with Crippen molar-refractivity contribution in [3.63, 3.8) is 0 Å². The molecule has 0 aliphatic carbocycles. The third-order valence-corrected chi connectivity index (χ3v) is 4.05. The van der Waals surface area contributed by atoms with Crippen molar-refractivity contribution in [3.05, 3.63) is 65.2 Å². The predicted molar refractivity (Wildman–Crippen MR) is 92.5 cm³/mol. The van der Waals surface area contributed by atoms with E-state index in [2.05, 4.69) is 50.2 Å². The number of rotatable bonds is 7. The summed E-state index contributed by atoms with van der Waals surface area (Å²) in [4.78, 5) is 0. The van der Waals surface area contributed by atoms with Gasteiger partial charge in [0.25, 0.3) is 0 Å². The zero-order valence-electron chi connectivity index (χ0n) is 13.3. The smallest absolute Gasteiger partial charge is 0.0314 e. The van der Waals surface area contributed by atoms with E-state index in [4.69, 9.17) is 5.73 Å². The summed E-state index contributed by atoms with van der Waals surface area (Å²) in [6.45, 7) is 4.62. The van der Waals surface area contributed by atoms with Crippen molar-refractivity contribution in [1.82, 2.24) is 0 Å². The van der Waals surface area contributed by atoms with Gasteiger partial charge in [0, 0.05) is 5.69 Å². The molecule has 0 bridgehead atoms. The largest absolute Gasteiger partial charge is 0.399 e. The summed E-state index contributed by atoms with van der Waals surface area (Å²) >= 11 is 0. The van der Waals surface area contributed by atoms with E-state index < -0.39 is 0 Å². The quantitative estimate of drug-likeness (QED) is 0.691. The minimum absolute atomic E-state index is 0.785. The SMILES string of the molecule is CCCCC(C)Cc1ccc(Cc2ccc(N)cc2)cc1. The van der Waals surface area contributed by atoms with Crippen molar-refractivity contribution < 1.29 is 0 Å². The zero-order chi connectivity index (χ0) is 15.1. The molecule has 0 aliphatic rings. The number of nitrogen functional groups attached to an aromatic ring is 1. The Morgan fingerprint density at radius 1 is 0.857 bits per heavy atom. The lowest BCUT2D eigenvalue weighted by Gasteiger charge is -2.11. The standard InChI is InChI=1S/C20H27N/c1-3-4-5-16(2)14-17-6-8-18(9-7-17)15-19-10-12-20(21)13-11-19/h6-13,16H,3-5,14-15,21H2,1-2H3. The number of hydrogen-bond acceptors (Lipinski definition) is 1. The molecule has 0 fully saturated rings. The second-order valence-electron chi connectivity index (χ2n) is 6.19. The lowest BCUT2D eigenvalue weighted by Crippen LogP contribution is -2.00. The van der Waals surface area contributed by atoms with Gasteiger partial charge in [-0.1, -0.05) is 69.5 Å². The van der Waals surface area contributed by atoms with Crippen LogP contribution in [0.1, 0.15) is 49.8 Å². The van der Waals surface area contributed by atoms with Crippen LogP contribution in [-0.2, 0) is 12.8 Å². The summed E-state index contributed by atoms with van der Waals surface area (Å²) < 4.78 is 0. The van der Waals surface area contributed by atoms with Gasteiger partial charge in [0.05, 0.1) is 0 Å². The van der Waals surface area contributed by atoms with Crippen molar-refractivity contribution in [2.75, 3.05) is 5.73 Å². The third kappa shape index (κ3) is 5.26. The Balaban J connectivity index is 1.91. The third-order valence-electron chi connectivity index (χ3n) is 4.05. The average Bonchev–Trinajstić information content (AvgIpc) is 2.49. The summed E-state index contributed by atoms with van der Waals surface area (Å²) in [6.07, 6.45) is 6.15. The van der Waals surface area contributed by atoms with Crippen LogP contribution in [0.25, 0.3) is 0 Å². The van der Waals surface area contributed by atoms with E-state index in [-0.39, 0.29) is 0 Å². The molecule has 1 atom stereocenters. The maximum absolute atomic E-state index is 5.72. The van der Waals surface area contributed by atoms with Crippen LogP contribution in [0.2, 0.25) is 0 Å². The van der Waals surface area contributed by atoms with Gasteiger partial charge in [0.1, 0.15) is 0 Å². The highest BCUT2D eigenvalue weighted by Gasteiger charge is 2.04. The summed E-state index contributed by atoms with van der Waals surface area (Å²) in [6, 6.07) is 17.3. The maximum Gasteiger partial charge on any atom is 0.0314 e. The fraction of sp³-hybridized carbons (Fsp3) is 0.400. The second kappa shape index (κ2) is 7.87. The van der Waals surface area contributed by atoms with E-state index in [0.29, 0.717) is 0 Å². The molecule has 0 amide bonds. The normalized spacial score (nSPS) is 12.3. The van der Waals surface area contributed by atoms with Gasteiger partial charge < -0.3 is 5.73 Å². The molecule has 0 saturated carbocycles. The Morgan fingerprint density at radius 2 is 1.38 bits per heavy atom. The fourth-order valence-corrected chi connectivity index (χ4v) is 2.72. The van der Waals surface area contributed by atoms with Crippen LogP contribution in [-0.4, -0.2) is 0 Å². The van der Waals surface area contributed by atoms with Crippen LogP contribution < -0.4 is 5.73 Å². The summed E-state index contributed by atoms with van der Waals surface area (Å²) in [5, 5.41) is 0. The van der Waals surface area contributed by atoms with Crippen molar-refractivity contribution in [1.29, 1.82) is 0 Å². The van der Waals surface area contributed by atoms with Gasteiger partial charge in [-0.05, 0) is 47.6 Å². The molecular weight excluding hydrogens is 254 g/mol. The van der Waals surface area contributed by atoms with Gasteiger partial charge in [-0.15, -0.1) is 0 Å². The lowest BCUT2D eigenvalue weighted by molar-refractivity contribution is 0.503. The van der Waals surface area contributed by atoms with Gasteiger partial charge in [-0.25, -0.2) is 0 Å². The summed E-state index contributed by atoms with van der Waals surface area (Å²) in [5.41, 5.74) is 10.7. The molecule has 0 radical (unpaired) electrons. The van der Waals surface area contributed by atoms with E-state index in [1.165, 1.54) is 42.4 Å². The molecule has 0 aromatic heterocycles. The topological polar surface area (TPSA) is 26.0 Å². The van der Waals surface area contributed by atoms with Crippen molar-refractivity contribution in [2.45, 2.75) is 46.0 Å². The Bertz CT molecular complexity index is 525. The molecule has 1 unspecified atom stereocenters. The van der Waals surface area contributed by atoms with Crippen LogP contribution in [0.5, 0.6) is 0 Å². The first kappa shape index (κ1) is 15.6. The van der Waals surface area contributed by atoms with Crippen molar-refractivity contribution in [3.8, 4) is 0 Å². The Kier molecular flexibility index (Phi) is 5.86. The average molecular weight is 281 g/mol. The van der Waals surface area contributed by atoms with Crippen LogP contribution in [0.15, 0.2) is 48.5 Å². The monoisotopic (exact) mass is 281 g/mol. The molecule has 2 aromatic carbocycles. The number of benzene rings is 2. The van der Waals surface area contributed by atoms with E-state index in [9.17, 15) is 0 Å². The van der Waals surface area contributed by atoms with Crippen LogP contribution in [0.3, 0.4) is 0 Å². The van der Waals surface area contributed by atoms with Gasteiger partial charge in [0.15, 0.2) is 0 Å². The van der Waals surface area contributed by atoms with Gasteiger partial charge >= 0.3 is 0 Å². The summed E-state index contributed by atoms with van der Waals surface area (Å²) in [7, 11) is 0.